The Morgan fingerprint density at radius 2 is 2.25 bits per heavy atom. The van der Waals surface area contributed by atoms with Gasteiger partial charge in [0.25, 0.3) is 0 Å². The highest BCUT2D eigenvalue weighted by molar-refractivity contribution is 4.44. The van der Waals surface area contributed by atoms with E-state index in [0.717, 1.165) is 12.8 Å². The minimum atomic E-state index is -0.152. The molecule has 0 radical (unpaired) electrons. The first-order valence-electron chi connectivity index (χ1n) is 3.03. The fourth-order valence-corrected chi connectivity index (χ4v) is 0.617. The van der Waals surface area contributed by atoms with E-state index in [1.807, 2.05) is 6.92 Å². The fraction of sp³-hybridized carbons (Fsp3) is 1.00. The van der Waals surface area contributed by atoms with Gasteiger partial charge in [0.05, 0.1) is 6.10 Å². The van der Waals surface area contributed by atoms with Gasteiger partial charge in [-0.15, -0.1) is 0 Å². The van der Waals surface area contributed by atoms with Gasteiger partial charge in [-0.2, -0.15) is 0 Å². The molecule has 0 aliphatic carbocycles. The van der Waals surface area contributed by atoms with E-state index in [1.165, 1.54) is 0 Å². The van der Waals surface area contributed by atoms with Crippen molar-refractivity contribution in [1.29, 1.82) is 0 Å². The molecule has 0 aromatic rings. The standard InChI is InChI=1S/C6H14O2/c1-3-4-6(2)8-5-7/h6-7H,3-5H2,1-2H3. The summed E-state index contributed by atoms with van der Waals surface area (Å²) >= 11 is 0. The summed E-state index contributed by atoms with van der Waals surface area (Å²) in [5, 5.41) is 8.24. The molecular formula is C6H14O2. The van der Waals surface area contributed by atoms with Gasteiger partial charge in [0.2, 0.25) is 0 Å². The molecule has 1 N–H and O–H groups in total. The van der Waals surface area contributed by atoms with Crippen molar-refractivity contribution in [2.24, 2.45) is 0 Å². The molecule has 0 saturated heterocycles. The lowest BCUT2D eigenvalue weighted by Crippen LogP contribution is -2.07. The molecule has 0 fully saturated rings. The van der Waals surface area contributed by atoms with Crippen LogP contribution < -0.4 is 0 Å². The van der Waals surface area contributed by atoms with Crippen molar-refractivity contribution in [2.45, 2.75) is 32.8 Å². The quantitative estimate of drug-likeness (QED) is 0.561. The van der Waals surface area contributed by atoms with E-state index in [2.05, 4.69) is 6.92 Å². The molecule has 0 aromatic heterocycles. The molecule has 0 aliphatic rings. The maximum absolute atomic E-state index is 8.24. The second kappa shape index (κ2) is 5.06. The van der Waals surface area contributed by atoms with Crippen molar-refractivity contribution in [3.8, 4) is 0 Å². The summed E-state index contributed by atoms with van der Waals surface area (Å²) in [5.41, 5.74) is 0. The van der Waals surface area contributed by atoms with Gasteiger partial charge in [-0.1, -0.05) is 13.3 Å². The van der Waals surface area contributed by atoms with Gasteiger partial charge in [0.1, 0.15) is 6.79 Å². The third kappa shape index (κ3) is 4.09. The molecule has 0 aromatic carbocycles. The summed E-state index contributed by atoms with van der Waals surface area (Å²) in [6.07, 6.45) is 2.35. The van der Waals surface area contributed by atoms with E-state index in [0.29, 0.717) is 0 Å². The Balaban J connectivity index is 2.92. The number of hydrogen-bond donors (Lipinski definition) is 1. The van der Waals surface area contributed by atoms with Crippen molar-refractivity contribution in [2.75, 3.05) is 6.79 Å². The summed E-state index contributed by atoms with van der Waals surface area (Å²) in [4.78, 5) is 0. The minimum Gasteiger partial charge on any atom is -0.371 e. The van der Waals surface area contributed by atoms with Crippen LogP contribution >= 0.6 is 0 Å². The zero-order valence-electron chi connectivity index (χ0n) is 5.55. The summed E-state index contributed by atoms with van der Waals surface area (Å²) in [6, 6.07) is 0. The van der Waals surface area contributed by atoms with Gasteiger partial charge in [-0.25, -0.2) is 0 Å². The Bertz CT molecular complexity index is 39.8. The van der Waals surface area contributed by atoms with Crippen LogP contribution in [0.4, 0.5) is 0 Å². The van der Waals surface area contributed by atoms with Crippen LogP contribution in [0.2, 0.25) is 0 Å². The van der Waals surface area contributed by atoms with E-state index in [4.69, 9.17) is 9.84 Å². The van der Waals surface area contributed by atoms with Gasteiger partial charge < -0.3 is 9.84 Å². The zero-order valence-corrected chi connectivity index (χ0v) is 5.55. The summed E-state index contributed by atoms with van der Waals surface area (Å²) in [5.74, 6) is 0. The number of aliphatic hydroxyl groups excluding tert-OH is 1. The molecule has 0 saturated carbocycles. The van der Waals surface area contributed by atoms with Crippen LogP contribution in [0.3, 0.4) is 0 Å². The van der Waals surface area contributed by atoms with Crippen LogP contribution in [0.5, 0.6) is 0 Å². The molecule has 0 amide bonds. The first kappa shape index (κ1) is 7.92. The third-order valence-electron chi connectivity index (χ3n) is 1.05. The first-order valence-corrected chi connectivity index (χ1v) is 3.03. The van der Waals surface area contributed by atoms with Crippen molar-refractivity contribution < 1.29 is 9.84 Å². The molecule has 1 atom stereocenters. The lowest BCUT2D eigenvalue weighted by molar-refractivity contribution is -0.0451. The van der Waals surface area contributed by atoms with Gasteiger partial charge in [-0.3, -0.25) is 0 Å². The molecule has 0 spiro atoms. The molecule has 0 bridgehead atoms. The molecule has 2 heteroatoms. The third-order valence-corrected chi connectivity index (χ3v) is 1.05. The second-order valence-corrected chi connectivity index (χ2v) is 1.90. The Morgan fingerprint density at radius 1 is 1.62 bits per heavy atom. The lowest BCUT2D eigenvalue weighted by Gasteiger charge is -2.07. The Kier molecular flexibility index (Phi) is 5.01. The molecule has 0 heterocycles. The highest BCUT2D eigenvalue weighted by atomic mass is 16.6. The molecule has 8 heavy (non-hydrogen) atoms. The van der Waals surface area contributed by atoms with Crippen LogP contribution in [-0.4, -0.2) is 18.0 Å². The lowest BCUT2D eigenvalue weighted by atomic mass is 10.2. The van der Waals surface area contributed by atoms with E-state index in [-0.39, 0.29) is 12.9 Å². The van der Waals surface area contributed by atoms with Crippen LogP contribution in [-0.2, 0) is 4.74 Å². The van der Waals surface area contributed by atoms with Crippen molar-refractivity contribution in [1.82, 2.24) is 0 Å². The molecule has 1 unspecified atom stereocenters. The van der Waals surface area contributed by atoms with E-state index in [9.17, 15) is 0 Å². The Hall–Kier alpha value is -0.0800. The largest absolute Gasteiger partial charge is 0.371 e. The molecule has 2 nitrogen and oxygen atoms in total. The number of ether oxygens (including phenoxy) is 1. The summed E-state index contributed by atoms with van der Waals surface area (Å²) < 4.78 is 4.84. The van der Waals surface area contributed by atoms with E-state index in [1.54, 1.807) is 0 Å². The van der Waals surface area contributed by atoms with Crippen molar-refractivity contribution >= 4 is 0 Å². The van der Waals surface area contributed by atoms with E-state index < -0.39 is 0 Å². The monoisotopic (exact) mass is 118 g/mol. The van der Waals surface area contributed by atoms with Crippen LogP contribution in [0.1, 0.15) is 26.7 Å². The summed E-state index contributed by atoms with van der Waals surface area (Å²) in [7, 11) is 0. The van der Waals surface area contributed by atoms with E-state index >= 15 is 0 Å². The van der Waals surface area contributed by atoms with Crippen LogP contribution in [0.15, 0.2) is 0 Å². The summed E-state index contributed by atoms with van der Waals surface area (Å²) in [6.45, 7) is 3.90. The highest BCUT2D eigenvalue weighted by Crippen LogP contribution is 1.98. The topological polar surface area (TPSA) is 29.5 Å². The van der Waals surface area contributed by atoms with Crippen LogP contribution in [0.25, 0.3) is 0 Å². The normalized spacial score (nSPS) is 13.9. The average molecular weight is 118 g/mol. The minimum absolute atomic E-state index is 0.152. The number of aliphatic hydroxyl groups is 1. The maximum Gasteiger partial charge on any atom is 0.143 e. The van der Waals surface area contributed by atoms with Gasteiger partial charge in [0, 0.05) is 0 Å². The average Bonchev–Trinajstić information content (AvgIpc) is 1.68. The molecular weight excluding hydrogens is 104 g/mol. The van der Waals surface area contributed by atoms with Crippen LogP contribution in [0, 0.1) is 0 Å². The molecule has 0 aliphatic heterocycles. The number of rotatable bonds is 4. The zero-order chi connectivity index (χ0) is 6.41. The maximum atomic E-state index is 8.24. The van der Waals surface area contributed by atoms with Gasteiger partial charge in [0.15, 0.2) is 0 Å². The fourth-order valence-electron chi connectivity index (χ4n) is 0.617. The predicted molar refractivity (Wildman–Crippen MR) is 32.5 cm³/mol. The van der Waals surface area contributed by atoms with Gasteiger partial charge in [-0.05, 0) is 13.3 Å². The Labute approximate surface area is 50.5 Å². The Morgan fingerprint density at radius 3 is 2.62 bits per heavy atom. The highest BCUT2D eigenvalue weighted by Gasteiger charge is 1.96. The van der Waals surface area contributed by atoms with Gasteiger partial charge >= 0.3 is 0 Å². The predicted octanol–water partition coefficient (Wildman–Crippen LogP) is 1.14. The first-order chi connectivity index (χ1) is 3.81. The smallest absolute Gasteiger partial charge is 0.143 e. The second-order valence-electron chi connectivity index (χ2n) is 1.90. The number of hydrogen-bond acceptors (Lipinski definition) is 2. The molecule has 50 valence electrons. The van der Waals surface area contributed by atoms with Crippen molar-refractivity contribution in [3.05, 3.63) is 0 Å². The SMILES string of the molecule is CCCC(C)OCO. The molecule has 0 rings (SSSR count). The van der Waals surface area contributed by atoms with Crippen molar-refractivity contribution in [3.63, 3.8) is 0 Å².